The molecule has 7 rings (SSSR count). The van der Waals surface area contributed by atoms with Crippen LogP contribution < -0.4 is 0 Å². The first-order chi connectivity index (χ1) is 19.2. The number of aromatic nitrogens is 2. The van der Waals surface area contributed by atoms with E-state index in [1.165, 1.54) is 12.0 Å². The van der Waals surface area contributed by atoms with Gasteiger partial charge in [-0.2, -0.15) is 5.26 Å². The van der Waals surface area contributed by atoms with E-state index in [2.05, 4.69) is 50.9 Å². The lowest BCUT2D eigenvalue weighted by atomic mass is 9.34. The Morgan fingerprint density at radius 2 is 1.73 bits per heavy atom. The molecule has 7 atom stereocenters. The second kappa shape index (κ2) is 8.29. The zero-order chi connectivity index (χ0) is 29.2. The van der Waals surface area contributed by atoms with Crippen molar-refractivity contribution < 1.29 is 14.0 Å². The van der Waals surface area contributed by atoms with Gasteiger partial charge in [-0.25, -0.2) is 0 Å². The molecule has 0 amide bonds. The molecule has 0 radical (unpaired) electrons. The van der Waals surface area contributed by atoms with E-state index in [0.29, 0.717) is 23.3 Å². The summed E-state index contributed by atoms with van der Waals surface area (Å²) in [5, 5.41) is 18.3. The van der Waals surface area contributed by atoms with Crippen molar-refractivity contribution in [3.8, 4) is 6.07 Å². The van der Waals surface area contributed by atoms with Gasteiger partial charge in [0.1, 0.15) is 6.07 Å². The van der Waals surface area contributed by atoms with Crippen LogP contribution in [0.5, 0.6) is 0 Å². The van der Waals surface area contributed by atoms with E-state index in [-0.39, 0.29) is 50.5 Å². The van der Waals surface area contributed by atoms with Gasteiger partial charge in [0.15, 0.2) is 11.6 Å². The van der Waals surface area contributed by atoms with E-state index < -0.39 is 5.41 Å². The largest absolute Gasteiger partial charge is 0.426 e. The van der Waals surface area contributed by atoms with Crippen molar-refractivity contribution in [2.75, 3.05) is 0 Å². The standard InChI is InChI=1S/C35H45N3O3/c1-21-37-38-27(41-21)8-10-34-13-11-30(2,3)19-23(34)28-24(39)17-26-31(4)18-22(20-36)29(40)35(15-16-35)25(31)7-9-32(26,5)33(28,6)12-14-34/h17-18,23,25,28H,7-16,19H2,1-6H3/t23-,25+,28-,31-,32+,33+,34+/m0/s1. The van der Waals surface area contributed by atoms with Crippen LogP contribution in [0.4, 0.5) is 0 Å². The Balaban J connectivity index is 1.32. The number of nitrogens with zero attached hydrogens (tertiary/aromatic N) is 3. The summed E-state index contributed by atoms with van der Waals surface area (Å²) < 4.78 is 5.78. The Hall–Kier alpha value is -2.55. The molecule has 4 fully saturated rings. The number of nitriles is 1. The molecule has 41 heavy (non-hydrogen) atoms. The van der Waals surface area contributed by atoms with Crippen LogP contribution in [0.1, 0.15) is 111 Å². The highest BCUT2D eigenvalue weighted by Gasteiger charge is 2.72. The summed E-state index contributed by atoms with van der Waals surface area (Å²) >= 11 is 0. The Bertz CT molecular complexity index is 1450. The van der Waals surface area contributed by atoms with Crippen LogP contribution in [0.2, 0.25) is 0 Å². The molecule has 6 nitrogen and oxygen atoms in total. The first-order valence-corrected chi connectivity index (χ1v) is 16.0. The summed E-state index contributed by atoms with van der Waals surface area (Å²) in [5.41, 5.74) is 0.700. The number of ketones is 2. The number of hydrogen-bond donors (Lipinski definition) is 0. The number of hydrogen-bond acceptors (Lipinski definition) is 6. The minimum atomic E-state index is -0.428. The van der Waals surface area contributed by atoms with Crippen molar-refractivity contribution in [1.29, 1.82) is 5.26 Å². The molecule has 4 saturated carbocycles. The van der Waals surface area contributed by atoms with Gasteiger partial charge >= 0.3 is 0 Å². The molecule has 6 aliphatic rings. The van der Waals surface area contributed by atoms with Crippen molar-refractivity contribution in [2.24, 2.45) is 50.2 Å². The van der Waals surface area contributed by atoms with Crippen LogP contribution in [-0.4, -0.2) is 21.8 Å². The fourth-order valence-electron chi connectivity index (χ4n) is 11.3. The Labute approximate surface area is 244 Å². The monoisotopic (exact) mass is 555 g/mol. The molecule has 0 aliphatic heterocycles. The SMILES string of the molecule is Cc1nnc(CC[C@]23CCC(C)(C)C[C@H]2[C@H]2C(=O)C=C4[C@@]5(C)C=C(C#N)C(=O)C6(CC6)[C@@H]5CC[C@@]4(C)[C@]2(C)CC3)o1. The molecule has 1 heterocycles. The third-order valence-electron chi connectivity index (χ3n) is 13.9. The lowest BCUT2D eigenvalue weighted by Crippen LogP contribution is -2.64. The molecule has 1 aromatic rings. The van der Waals surface area contributed by atoms with Gasteiger partial charge in [-0.1, -0.05) is 46.3 Å². The van der Waals surface area contributed by atoms with Crippen LogP contribution in [0, 0.1) is 68.5 Å². The number of rotatable bonds is 3. The molecule has 0 saturated heterocycles. The predicted octanol–water partition coefficient (Wildman–Crippen LogP) is 7.28. The van der Waals surface area contributed by atoms with Gasteiger partial charge < -0.3 is 4.42 Å². The maximum Gasteiger partial charge on any atom is 0.216 e. The Morgan fingerprint density at radius 3 is 2.39 bits per heavy atom. The van der Waals surface area contributed by atoms with Crippen LogP contribution in [0.15, 0.2) is 27.7 Å². The van der Waals surface area contributed by atoms with E-state index in [1.807, 2.05) is 19.1 Å². The maximum absolute atomic E-state index is 14.7. The van der Waals surface area contributed by atoms with Gasteiger partial charge in [0, 0.05) is 30.1 Å². The van der Waals surface area contributed by atoms with Crippen LogP contribution in [0.3, 0.4) is 0 Å². The van der Waals surface area contributed by atoms with Crippen molar-refractivity contribution in [3.63, 3.8) is 0 Å². The third kappa shape index (κ3) is 3.47. The molecule has 6 heteroatoms. The smallest absolute Gasteiger partial charge is 0.216 e. The fourth-order valence-corrected chi connectivity index (χ4v) is 11.3. The highest BCUT2D eigenvalue weighted by Crippen LogP contribution is 2.77. The molecule has 0 bridgehead atoms. The molecule has 1 spiro atoms. The van der Waals surface area contributed by atoms with E-state index in [0.717, 1.165) is 64.2 Å². The third-order valence-corrected chi connectivity index (χ3v) is 13.9. The van der Waals surface area contributed by atoms with Gasteiger partial charge in [0.2, 0.25) is 11.8 Å². The maximum atomic E-state index is 14.7. The molecule has 218 valence electrons. The van der Waals surface area contributed by atoms with Crippen molar-refractivity contribution in [1.82, 2.24) is 10.2 Å². The average Bonchev–Trinajstić information content (AvgIpc) is 3.60. The van der Waals surface area contributed by atoms with E-state index in [1.54, 1.807) is 0 Å². The minimum absolute atomic E-state index is 0.0197. The topological polar surface area (TPSA) is 96.9 Å². The number of Topliss-reactive ketones (excluding diaryl/α,β-unsaturated/α-hetero) is 1. The van der Waals surface area contributed by atoms with Gasteiger partial charge in [0.05, 0.1) is 5.57 Å². The molecule has 0 aromatic carbocycles. The first-order valence-electron chi connectivity index (χ1n) is 16.0. The molecular formula is C35H45N3O3. The summed E-state index contributed by atoms with van der Waals surface area (Å²) in [7, 11) is 0. The second-order valence-corrected chi connectivity index (χ2v) is 16.3. The van der Waals surface area contributed by atoms with Gasteiger partial charge in [-0.05, 0) is 104 Å². The molecule has 1 aromatic heterocycles. The fraction of sp³-hybridized carbons (Fsp3) is 0.743. The number of aryl methyl sites for hydroxylation is 2. The zero-order valence-corrected chi connectivity index (χ0v) is 25.7. The van der Waals surface area contributed by atoms with Crippen molar-refractivity contribution in [3.05, 3.63) is 35.1 Å². The Morgan fingerprint density at radius 1 is 1.00 bits per heavy atom. The predicted molar refractivity (Wildman–Crippen MR) is 154 cm³/mol. The molecular weight excluding hydrogens is 510 g/mol. The Kier molecular flexibility index (Phi) is 5.52. The van der Waals surface area contributed by atoms with E-state index >= 15 is 0 Å². The average molecular weight is 556 g/mol. The van der Waals surface area contributed by atoms with Crippen LogP contribution in [0.25, 0.3) is 0 Å². The highest BCUT2D eigenvalue weighted by molar-refractivity contribution is 6.06. The molecule has 6 aliphatic carbocycles. The summed E-state index contributed by atoms with van der Waals surface area (Å²) in [4.78, 5) is 28.0. The normalized spacial score (nSPS) is 43.6. The zero-order valence-electron chi connectivity index (χ0n) is 25.7. The summed E-state index contributed by atoms with van der Waals surface area (Å²) in [6, 6.07) is 2.26. The van der Waals surface area contributed by atoms with Gasteiger partial charge in [-0.3, -0.25) is 9.59 Å². The second-order valence-electron chi connectivity index (χ2n) is 16.3. The van der Waals surface area contributed by atoms with Crippen molar-refractivity contribution in [2.45, 2.75) is 112 Å². The van der Waals surface area contributed by atoms with Gasteiger partial charge in [0.25, 0.3) is 0 Å². The summed E-state index contributed by atoms with van der Waals surface area (Å²) in [6.07, 6.45) is 15.1. The lowest BCUT2D eigenvalue weighted by molar-refractivity contribution is -0.171. The highest BCUT2D eigenvalue weighted by atomic mass is 16.4. The molecule has 0 N–H and O–H groups in total. The van der Waals surface area contributed by atoms with Gasteiger partial charge in [-0.15, -0.1) is 10.2 Å². The number of allylic oxidation sites excluding steroid dienone is 4. The first kappa shape index (κ1) is 27.3. The number of fused-ring (bicyclic) bond motifs is 8. The van der Waals surface area contributed by atoms with Crippen LogP contribution in [-0.2, 0) is 16.0 Å². The van der Waals surface area contributed by atoms with Crippen LogP contribution >= 0.6 is 0 Å². The lowest BCUT2D eigenvalue weighted by Gasteiger charge is -2.69. The number of carbonyl (C=O) groups excluding carboxylic acids is 2. The quantitative estimate of drug-likeness (QED) is 0.389. The minimum Gasteiger partial charge on any atom is -0.426 e. The summed E-state index contributed by atoms with van der Waals surface area (Å²) in [6.45, 7) is 13.7. The van der Waals surface area contributed by atoms with E-state index in [9.17, 15) is 14.9 Å². The van der Waals surface area contributed by atoms with Crippen molar-refractivity contribution >= 4 is 11.6 Å². The van der Waals surface area contributed by atoms with E-state index in [4.69, 9.17) is 4.42 Å². The summed E-state index contributed by atoms with van der Waals surface area (Å²) in [5.74, 6) is 2.14. The molecule has 0 unspecified atom stereocenters. The number of carbonyl (C=O) groups is 2.